The first-order chi connectivity index (χ1) is 5.59. The molecule has 0 aliphatic heterocycles. The Labute approximate surface area is 77.7 Å². The summed E-state index contributed by atoms with van der Waals surface area (Å²) in [5, 5.41) is 8.40. The van der Waals surface area contributed by atoms with E-state index in [4.69, 9.17) is 9.52 Å². The van der Waals surface area contributed by atoms with Gasteiger partial charge in [-0.2, -0.15) is 0 Å². The molecule has 0 fully saturated rings. The molecule has 0 saturated heterocycles. The zero-order chi connectivity index (χ0) is 9.14. The predicted molar refractivity (Wildman–Crippen MR) is 44.9 cm³/mol. The van der Waals surface area contributed by atoms with Crippen LogP contribution in [0.5, 0.6) is 0 Å². The smallest absolute Gasteiger partial charge is 0.303 e. The number of carboxylic acids is 1. The van der Waals surface area contributed by atoms with Gasteiger partial charge in [0.15, 0.2) is 0 Å². The monoisotopic (exact) mass is 233 g/mol. The highest BCUT2D eigenvalue weighted by atomic mass is 79.9. The largest absolute Gasteiger partial charge is 0.481 e. The minimum atomic E-state index is -0.832. The van der Waals surface area contributed by atoms with Crippen molar-refractivity contribution in [2.45, 2.75) is 19.8 Å². The molecule has 0 amide bonds. The third kappa shape index (κ3) is 2.34. The Bertz CT molecular complexity index is 295. The van der Waals surface area contributed by atoms with Crippen LogP contribution in [-0.4, -0.2) is 16.1 Å². The van der Waals surface area contributed by atoms with E-state index >= 15 is 0 Å². The summed E-state index contributed by atoms with van der Waals surface area (Å²) in [7, 11) is 0. The number of nitrogens with zero attached hydrogens (tertiary/aromatic N) is 1. The SMILES string of the molecule is Cc1nc(Br)oc1CCC(=O)O. The second kappa shape index (κ2) is 3.71. The fraction of sp³-hybridized carbons (Fsp3) is 0.429. The van der Waals surface area contributed by atoms with Gasteiger partial charge in [0.1, 0.15) is 5.76 Å². The Morgan fingerprint density at radius 2 is 2.42 bits per heavy atom. The molecule has 1 N–H and O–H groups in total. The van der Waals surface area contributed by atoms with Crippen LogP contribution in [0.1, 0.15) is 17.9 Å². The van der Waals surface area contributed by atoms with Crippen LogP contribution >= 0.6 is 15.9 Å². The topological polar surface area (TPSA) is 63.3 Å². The molecule has 5 heteroatoms. The molecule has 0 unspecified atom stereocenters. The van der Waals surface area contributed by atoms with Gasteiger partial charge in [0.2, 0.25) is 0 Å². The minimum Gasteiger partial charge on any atom is -0.481 e. The summed E-state index contributed by atoms with van der Waals surface area (Å²) in [6.07, 6.45) is 0.461. The van der Waals surface area contributed by atoms with Crippen LogP contribution < -0.4 is 0 Å². The molecule has 0 bridgehead atoms. The van der Waals surface area contributed by atoms with Gasteiger partial charge in [-0.25, -0.2) is 4.98 Å². The Hall–Kier alpha value is -0.840. The highest BCUT2D eigenvalue weighted by Gasteiger charge is 2.08. The first-order valence-electron chi connectivity index (χ1n) is 3.43. The number of hydrogen-bond donors (Lipinski definition) is 1. The van der Waals surface area contributed by atoms with Crippen LogP contribution in [0.2, 0.25) is 0 Å². The lowest BCUT2D eigenvalue weighted by Crippen LogP contribution is -1.97. The second-order valence-electron chi connectivity index (χ2n) is 2.37. The fourth-order valence-corrected chi connectivity index (χ4v) is 1.31. The van der Waals surface area contributed by atoms with E-state index < -0.39 is 5.97 Å². The summed E-state index contributed by atoms with van der Waals surface area (Å²) in [5.74, 6) is -0.203. The van der Waals surface area contributed by atoms with Gasteiger partial charge in [-0.05, 0) is 6.92 Å². The van der Waals surface area contributed by atoms with E-state index in [-0.39, 0.29) is 6.42 Å². The van der Waals surface area contributed by atoms with Crippen LogP contribution in [0.4, 0.5) is 0 Å². The maximum atomic E-state index is 10.2. The molecule has 1 heterocycles. The van der Waals surface area contributed by atoms with Crippen molar-refractivity contribution in [2.24, 2.45) is 0 Å². The highest BCUT2D eigenvalue weighted by Crippen LogP contribution is 2.16. The van der Waals surface area contributed by atoms with E-state index in [0.717, 1.165) is 5.69 Å². The van der Waals surface area contributed by atoms with Gasteiger partial charge in [-0.1, -0.05) is 0 Å². The first-order valence-corrected chi connectivity index (χ1v) is 4.22. The van der Waals surface area contributed by atoms with Gasteiger partial charge in [-0.15, -0.1) is 0 Å². The number of aryl methyl sites for hydroxylation is 2. The van der Waals surface area contributed by atoms with E-state index in [9.17, 15) is 4.79 Å². The van der Waals surface area contributed by atoms with Crippen molar-refractivity contribution in [1.82, 2.24) is 4.98 Å². The maximum absolute atomic E-state index is 10.2. The predicted octanol–water partition coefficient (Wildman–Crippen LogP) is 1.76. The van der Waals surface area contributed by atoms with Crippen LogP contribution in [0.15, 0.2) is 9.22 Å². The van der Waals surface area contributed by atoms with Gasteiger partial charge in [0.05, 0.1) is 12.1 Å². The molecule has 1 aromatic heterocycles. The van der Waals surface area contributed by atoms with E-state index in [1.807, 2.05) is 0 Å². The van der Waals surface area contributed by atoms with Gasteiger partial charge >= 0.3 is 5.97 Å². The number of halogens is 1. The Morgan fingerprint density at radius 1 is 1.75 bits per heavy atom. The van der Waals surface area contributed by atoms with E-state index in [1.165, 1.54) is 0 Å². The summed E-state index contributed by atoms with van der Waals surface area (Å²) in [4.78, 5) is 14.6. The number of aromatic nitrogens is 1. The lowest BCUT2D eigenvalue weighted by molar-refractivity contribution is -0.137. The van der Waals surface area contributed by atoms with Gasteiger partial charge in [-0.3, -0.25) is 4.79 Å². The molecule has 0 aromatic carbocycles. The molecule has 0 radical (unpaired) electrons. The Kier molecular flexibility index (Phi) is 2.86. The van der Waals surface area contributed by atoms with Gasteiger partial charge in [0.25, 0.3) is 4.80 Å². The standard InChI is InChI=1S/C7H8BrNO3/c1-4-5(2-3-6(10)11)12-7(8)9-4/h2-3H2,1H3,(H,10,11). The molecule has 0 aliphatic carbocycles. The van der Waals surface area contributed by atoms with Crippen LogP contribution in [-0.2, 0) is 11.2 Å². The molecular weight excluding hydrogens is 226 g/mol. The maximum Gasteiger partial charge on any atom is 0.303 e. The highest BCUT2D eigenvalue weighted by molar-refractivity contribution is 9.10. The molecule has 0 atom stereocenters. The number of rotatable bonds is 3. The normalized spacial score (nSPS) is 10.2. The van der Waals surface area contributed by atoms with E-state index in [2.05, 4.69) is 20.9 Å². The summed E-state index contributed by atoms with van der Waals surface area (Å²) in [6, 6.07) is 0. The summed E-state index contributed by atoms with van der Waals surface area (Å²) in [5.41, 5.74) is 0.739. The fourth-order valence-electron chi connectivity index (χ4n) is 0.845. The van der Waals surface area contributed by atoms with Crippen LogP contribution in [0, 0.1) is 6.92 Å². The molecule has 66 valence electrons. The van der Waals surface area contributed by atoms with Crippen molar-refractivity contribution in [3.8, 4) is 0 Å². The Morgan fingerprint density at radius 3 is 2.83 bits per heavy atom. The van der Waals surface area contributed by atoms with Gasteiger partial charge in [0, 0.05) is 22.4 Å². The Balaban J connectivity index is 2.62. The molecule has 0 saturated carbocycles. The zero-order valence-corrected chi connectivity index (χ0v) is 8.09. The van der Waals surface area contributed by atoms with Crippen molar-refractivity contribution < 1.29 is 14.3 Å². The lowest BCUT2D eigenvalue weighted by atomic mass is 10.2. The first kappa shape index (κ1) is 9.25. The third-order valence-electron chi connectivity index (χ3n) is 1.43. The third-order valence-corrected chi connectivity index (χ3v) is 1.77. The summed E-state index contributed by atoms with van der Waals surface area (Å²) in [6.45, 7) is 1.78. The average Bonchev–Trinajstić information content (AvgIpc) is 2.26. The van der Waals surface area contributed by atoms with Crippen molar-refractivity contribution in [1.29, 1.82) is 0 Å². The lowest BCUT2D eigenvalue weighted by Gasteiger charge is -1.91. The minimum absolute atomic E-state index is 0.0719. The molecular formula is C7H8BrNO3. The molecule has 4 nitrogen and oxygen atoms in total. The molecule has 0 spiro atoms. The van der Waals surface area contributed by atoms with E-state index in [0.29, 0.717) is 17.0 Å². The molecule has 12 heavy (non-hydrogen) atoms. The van der Waals surface area contributed by atoms with Crippen LogP contribution in [0.3, 0.4) is 0 Å². The summed E-state index contributed by atoms with van der Waals surface area (Å²) >= 11 is 3.06. The number of hydrogen-bond acceptors (Lipinski definition) is 3. The average molecular weight is 234 g/mol. The van der Waals surface area contributed by atoms with Crippen molar-refractivity contribution in [2.75, 3.05) is 0 Å². The van der Waals surface area contributed by atoms with Crippen molar-refractivity contribution in [3.63, 3.8) is 0 Å². The quantitative estimate of drug-likeness (QED) is 0.865. The molecule has 1 aromatic rings. The van der Waals surface area contributed by atoms with Crippen molar-refractivity contribution >= 4 is 21.9 Å². The van der Waals surface area contributed by atoms with E-state index in [1.54, 1.807) is 6.92 Å². The van der Waals surface area contributed by atoms with Crippen molar-refractivity contribution in [3.05, 3.63) is 16.3 Å². The number of carbonyl (C=O) groups is 1. The number of carboxylic acid groups (broad SMARTS) is 1. The van der Waals surface area contributed by atoms with Crippen LogP contribution in [0.25, 0.3) is 0 Å². The molecule has 0 aliphatic rings. The second-order valence-corrected chi connectivity index (χ2v) is 3.05. The zero-order valence-electron chi connectivity index (χ0n) is 6.50. The number of oxazole rings is 1. The summed E-state index contributed by atoms with van der Waals surface area (Å²) < 4.78 is 5.11. The molecule has 1 rings (SSSR count). The van der Waals surface area contributed by atoms with Gasteiger partial charge < -0.3 is 9.52 Å². The number of aliphatic carboxylic acids is 1.